The Hall–Kier alpha value is -2.85. The standard InChI is InChI=1S/C23H27FN4O4S/c1-32-11-10-28-21(30)23(26-22(28)31,13-16-2-4-18(24)5-3-16)17-6-8-27(9-7-17)20(29)12-19-14-33-15-25-19/h2-5,14-15,17H,6-13H2,1H3,(H,26,31). The Labute approximate surface area is 195 Å². The Balaban J connectivity index is 1.52. The number of methoxy groups -OCH3 is 1. The molecule has 2 aliphatic rings. The monoisotopic (exact) mass is 474 g/mol. The summed E-state index contributed by atoms with van der Waals surface area (Å²) in [5, 5.41) is 4.83. The van der Waals surface area contributed by atoms with Crippen LogP contribution in [0.2, 0.25) is 0 Å². The summed E-state index contributed by atoms with van der Waals surface area (Å²) in [6, 6.07) is 5.54. The molecule has 1 aromatic heterocycles. The lowest BCUT2D eigenvalue weighted by Gasteiger charge is -2.41. The van der Waals surface area contributed by atoms with E-state index in [0.717, 1.165) is 11.3 Å². The van der Waals surface area contributed by atoms with Crippen molar-refractivity contribution in [3.05, 3.63) is 52.2 Å². The summed E-state index contributed by atoms with van der Waals surface area (Å²) < 4.78 is 18.5. The van der Waals surface area contributed by atoms with Crippen LogP contribution in [-0.4, -0.2) is 71.5 Å². The number of likely N-dealkylation sites (tertiary alicyclic amines) is 1. The minimum atomic E-state index is -1.13. The van der Waals surface area contributed by atoms with E-state index in [1.807, 2.05) is 5.38 Å². The van der Waals surface area contributed by atoms with E-state index in [1.165, 1.54) is 35.5 Å². The minimum absolute atomic E-state index is 0.00967. The molecule has 2 fully saturated rings. The van der Waals surface area contributed by atoms with Crippen molar-refractivity contribution in [1.82, 2.24) is 20.1 Å². The summed E-state index contributed by atoms with van der Waals surface area (Å²) in [6.45, 7) is 1.41. The summed E-state index contributed by atoms with van der Waals surface area (Å²) in [5.74, 6) is -0.797. The summed E-state index contributed by atoms with van der Waals surface area (Å²) in [6.07, 6.45) is 1.68. The number of carbonyl (C=O) groups excluding carboxylic acids is 3. The van der Waals surface area contributed by atoms with E-state index in [9.17, 15) is 18.8 Å². The average molecular weight is 475 g/mol. The van der Waals surface area contributed by atoms with Gasteiger partial charge in [-0.05, 0) is 36.5 Å². The first-order chi connectivity index (χ1) is 15.9. The normalized spacial score (nSPS) is 21.5. The number of ether oxygens (including phenoxy) is 1. The second kappa shape index (κ2) is 9.96. The van der Waals surface area contributed by atoms with Crippen LogP contribution >= 0.6 is 11.3 Å². The third-order valence-electron chi connectivity index (χ3n) is 6.48. The van der Waals surface area contributed by atoms with Crippen LogP contribution in [0.3, 0.4) is 0 Å². The molecule has 0 saturated carbocycles. The molecule has 2 aromatic rings. The Kier molecular flexibility index (Phi) is 7.04. The number of hydrogen-bond acceptors (Lipinski definition) is 6. The first-order valence-electron chi connectivity index (χ1n) is 11.0. The molecule has 176 valence electrons. The fourth-order valence-electron chi connectivity index (χ4n) is 4.71. The molecule has 4 rings (SSSR count). The van der Waals surface area contributed by atoms with Gasteiger partial charge < -0.3 is 15.0 Å². The highest BCUT2D eigenvalue weighted by Crippen LogP contribution is 2.36. The highest BCUT2D eigenvalue weighted by atomic mass is 32.1. The van der Waals surface area contributed by atoms with Gasteiger partial charge in [-0.2, -0.15) is 0 Å². The molecule has 8 nitrogen and oxygen atoms in total. The zero-order chi connectivity index (χ0) is 23.4. The lowest BCUT2D eigenvalue weighted by molar-refractivity contribution is -0.136. The van der Waals surface area contributed by atoms with Crippen LogP contribution in [-0.2, 0) is 27.2 Å². The van der Waals surface area contributed by atoms with E-state index in [1.54, 1.807) is 22.5 Å². The van der Waals surface area contributed by atoms with E-state index in [2.05, 4.69) is 10.3 Å². The van der Waals surface area contributed by atoms with Gasteiger partial charge in [0.25, 0.3) is 5.91 Å². The fraction of sp³-hybridized carbons (Fsp3) is 0.478. The molecule has 2 saturated heterocycles. The van der Waals surface area contributed by atoms with Gasteiger partial charge in [-0.15, -0.1) is 11.3 Å². The number of urea groups is 1. The maximum Gasteiger partial charge on any atom is 0.325 e. The van der Waals surface area contributed by atoms with Crippen LogP contribution in [0, 0.1) is 11.7 Å². The topological polar surface area (TPSA) is 91.8 Å². The first kappa shape index (κ1) is 23.3. The van der Waals surface area contributed by atoms with Crippen molar-refractivity contribution >= 4 is 29.2 Å². The lowest BCUT2D eigenvalue weighted by atomic mass is 9.74. The van der Waals surface area contributed by atoms with Gasteiger partial charge in [0.2, 0.25) is 5.91 Å². The van der Waals surface area contributed by atoms with Crippen LogP contribution in [0.15, 0.2) is 35.2 Å². The summed E-state index contributed by atoms with van der Waals surface area (Å²) in [4.78, 5) is 46.2. The van der Waals surface area contributed by atoms with Gasteiger partial charge in [0.05, 0.1) is 30.8 Å². The van der Waals surface area contributed by atoms with Crippen molar-refractivity contribution in [2.45, 2.75) is 31.2 Å². The highest BCUT2D eigenvalue weighted by molar-refractivity contribution is 7.07. The summed E-state index contributed by atoms with van der Waals surface area (Å²) in [7, 11) is 1.52. The number of aromatic nitrogens is 1. The van der Waals surface area contributed by atoms with E-state index < -0.39 is 11.6 Å². The number of benzene rings is 1. The number of piperidine rings is 1. The maximum atomic E-state index is 13.6. The van der Waals surface area contributed by atoms with Crippen molar-refractivity contribution in [2.24, 2.45) is 5.92 Å². The van der Waals surface area contributed by atoms with Crippen LogP contribution in [0.1, 0.15) is 24.1 Å². The number of rotatable bonds is 8. The molecule has 33 heavy (non-hydrogen) atoms. The largest absolute Gasteiger partial charge is 0.383 e. The molecule has 2 aliphatic heterocycles. The zero-order valence-corrected chi connectivity index (χ0v) is 19.3. The zero-order valence-electron chi connectivity index (χ0n) is 18.5. The smallest absolute Gasteiger partial charge is 0.325 e. The number of imide groups is 1. The van der Waals surface area contributed by atoms with Crippen molar-refractivity contribution in [3.8, 4) is 0 Å². The molecule has 1 N–H and O–H groups in total. The molecule has 10 heteroatoms. The fourth-order valence-corrected chi connectivity index (χ4v) is 5.27. The number of carbonyl (C=O) groups is 3. The van der Waals surface area contributed by atoms with E-state index in [0.29, 0.717) is 25.9 Å². The van der Waals surface area contributed by atoms with Crippen molar-refractivity contribution < 1.29 is 23.5 Å². The lowest BCUT2D eigenvalue weighted by Crippen LogP contribution is -2.58. The van der Waals surface area contributed by atoms with Gasteiger partial charge in [-0.25, -0.2) is 14.2 Å². The van der Waals surface area contributed by atoms with Gasteiger partial charge in [0, 0.05) is 32.0 Å². The molecule has 1 aromatic carbocycles. The Morgan fingerprint density at radius 3 is 2.64 bits per heavy atom. The van der Waals surface area contributed by atoms with Crippen LogP contribution in [0.25, 0.3) is 0 Å². The predicted molar refractivity (Wildman–Crippen MR) is 120 cm³/mol. The quantitative estimate of drug-likeness (QED) is 0.593. The number of amides is 4. The van der Waals surface area contributed by atoms with E-state index in [4.69, 9.17) is 4.74 Å². The number of hydrogen-bond donors (Lipinski definition) is 1. The van der Waals surface area contributed by atoms with Crippen LogP contribution in [0.5, 0.6) is 0 Å². The number of thiazole rings is 1. The molecule has 3 heterocycles. The second-order valence-corrected chi connectivity index (χ2v) is 9.18. The Bertz CT molecular complexity index is 992. The summed E-state index contributed by atoms with van der Waals surface area (Å²) in [5.41, 5.74) is 2.09. The molecule has 0 spiro atoms. The maximum absolute atomic E-state index is 13.6. The highest BCUT2D eigenvalue weighted by Gasteiger charge is 2.55. The minimum Gasteiger partial charge on any atom is -0.383 e. The van der Waals surface area contributed by atoms with Gasteiger partial charge in [0.1, 0.15) is 11.4 Å². The van der Waals surface area contributed by atoms with Gasteiger partial charge in [-0.1, -0.05) is 12.1 Å². The van der Waals surface area contributed by atoms with Crippen molar-refractivity contribution in [3.63, 3.8) is 0 Å². The number of halogens is 1. The number of nitrogens with zero attached hydrogens (tertiary/aromatic N) is 3. The molecule has 0 aliphatic carbocycles. The van der Waals surface area contributed by atoms with Crippen molar-refractivity contribution in [1.29, 1.82) is 0 Å². The van der Waals surface area contributed by atoms with E-state index in [-0.39, 0.29) is 49.5 Å². The third kappa shape index (κ3) is 4.91. The SMILES string of the molecule is COCCN1C(=O)NC(Cc2ccc(F)cc2)(C2CCN(C(=O)Cc3cscn3)CC2)C1=O. The Morgan fingerprint density at radius 1 is 1.27 bits per heavy atom. The van der Waals surface area contributed by atoms with Crippen LogP contribution in [0.4, 0.5) is 9.18 Å². The van der Waals surface area contributed by atoms with Crippen molar-refractivity contribution in [2.75, 3.05) is 33.4 Å². The third-order valence-corrected chi connectivity index (χ3v) is 7.11. The average Bonchev–Trinajstić information content (AvgIpc) is 3.41. The molecular formula is C23H27FN4O4S. The molecular weight excluding hydrogens is 447 g/mol. The summed E-state index contributed by atoms with van der Waals surface area (Å²) >= 11 is 1.46. The molecule has 4 amide bonds. The molecule has 0 radical (unpaired) electrons. The molecule has 1 atom stereocenters. The van der Waals surface area contributed by atoms with E-state index >= 15 is 0 Å². The van der Waals surface area contributed by atoms with Gasteiger partial charge in [-0.3, -0.25) is 14.5 Å². The Morgan fingerprint density at radius 2 is 2.00 bits per heavy atom. The van der Waals surface area contributed by atoms with Gasteiger partial charge >= 0.3 is 6.03 Å². The second-order valence-electron chi connectivity index (χ2n) is 8.47. The molecule has 0 bridgehead atoms. The van der Waals surface area contributed by atoms with Crippen LogP contribution < -0.4 is 5.32 Å². The van der Waals surface area contributed by atoms with Gasteiger partial charge in [0.15, 0.2) is 0 Å². The first-order valence-corrected chi connectivity index (χ1v) is 11.9. The predicted octanol–water partition coefficient (Wildman–Crippen LogP) is 2.24. The molecule has 1 unspecified atom stereocenters. The number of nitrogens with one attached hydrogen (secondary N) is 1.